The number of nitrogens with one attached hydrogen (secondary N) is 3. The molecule has 0 atom stereocenters. The number of carbonyl (C=O) groups is 1. The molecule has 8 nitrogen and oxygen atoms in total. The van der Waals surface area contributed by atoms with Gasteiger partial charge in [-0.05, 0) is 25.0 Å². The number of carbonyl (C=O) groups excluding carboxylic acids is 1. The van der Waals surface area contributed by atoms with Gasteiger partial charge in [-0.15, -0.1) is 0 Å². The minimum atomic E-state index is -0.115. The molecule has 3 N–H and O–H groups in total. The molecule has 2 fully saturated rings. The zero-order valence-electron chi connectivity index (χ0n) is 17.5. The highest BCUT2D eigenvalue weighted by atomic mass is 16.5. The lowest BCUT2D eigenvalue weighted by Gasteiger charge is -2.48. The smallest absolute Gasteiger partial charge is 0.252 e. The number of amides is 1. The van der Waals surface area contributed by atoms with Crippen molar-refractivity contribution in [3.63, 3.8) is 0 Å². The van der Waals surface area contributed by atoms with Gasteiger partial charge in [0.25, 0.3) is 5.91 Å². The van der Waals surface area contributed by atoms with Crippen LogP contribution in [0.5, 0.6) is 0 Å². The Morgan fingerprint density at radius 2 is 1.93 bits per heavy atom. The summed E-state index contributed by atoms with van der Waals surface area (Å²) in [6.45, 7) is 5.67. The van der Waals surface area contributed by atoms with Crippen LogP contribution in [0.4, 0.5) is 0 Å². The third-order valence-corrected chi connectivity index (χ3v) is 5.90. The summed E-state index contributed by atoms with van der Waals surface area (Å²) in [7, 11) is 1.78. The fourth-order valence-corrected chi connectivity index (χ4v) is 4.28. The molecule has 1 saturated carbocycles. The van der Waals surface area contributed by atoms with E-state index in [4.69, 9.17) is 4.74 Å². The Balaban J connectivity index is 1.44. The van der Waals surface area contributed by atoms with Gasteiger partial charge in [0.15, 0.2) is 5.96 Å². The zero-order chi connectivity index (χ0) is 20.4. The largest absolute Gasteiger partial charge is 0.379 e. The number of rotatable bonds is 7. The van der Waals surface area contributed by atoms with Crippen molar-refractivity contribution in [1.82, 2.24) is 25.8 Å². The molecular weight excluding hydrogens is 368 g/mol. The van der Waals surface area contributed by atoms with Crippen LogP contribution in [-0.4, -0.2) is 80.3 Å². The molecule has 160 valence electrons. The van der Waals surface area contributed by atoms with E-state index in [0.29, 0.717) is 18.7 Å². The minimum absolute atomic E-state index is 0.115. The van der Waals surface area contributed by atoms with Crippen LogP contribution in [0.3, 0.4) is 0 Å². The number of aromatic nitrogens is 1. The zero-order valence-corrected chi connectivity index (χ0v) is 17.5. The molecule has 1 saturated heterocycles. The van der Waals surface area contributed by atoms with E-state index in [1.165, 1.54) is 32.1 Å². The Morgan fingerprint density at radius 3 is 2.62 bits per heavy atom. The summed E-state index contributed by atoms with van der Waals surface area (Å²) in [6, 6.07) is 3.51. The average molecular weight is 403 g/mol. The first kappa shape index (κ1) is 21.5. The van der Waals surface area contributed by atoms with Gasteiger partial charge >= 0.3 is 0 Å². The lowest BCUT2D eigenvalue weighted by atomic mass is 9.80. The molecule has 1 aromatic heterocycles. The highest BCUT2D eigenvalue weighted by Crippen LogP contribution is 2.33. The van der Waals surface area contributed by atoms with E-state index in [-0.39, 0.29) is 11.4 Å². The van der Waals surface area contributed by atoms with Crippen molar-refractivity contribution in [2.24, 2.45) is 4.99 Å². The van der Waals surface area contributed by atoms with Gasteiger partial charge in [-0.1, -0.05) is 19.3 Å². The first-order valence-corrected chi connectivity index (χ1v) is 10.7. The summed E-state index contributed by atoms with van der Waals surface area (Å²) in [6.07, 6.45) is 9.56. The molecule has 2 aliphatic rings. The molecule has 0 aromatic carbocycles. The number of aliphatic imine (C=N–C) groups is 1. The molecule has 29 heavy (non-hydrogen) atoms. The molecule has 1 amide bonds. The Bertz CT molecular complexity index is 654. The number of hydrogen-bond acceptors (Lipinski definition) is 5. The fourth-order valence-electron chi connectivity index (χ4n) is 4.28. The normalized spacial score (nSPS) is 20.1. The Kier molecular flexibility index (Phi) is 8.25. The van der Waals surface area contributed by atoms with Gasteiger partial charge in [0, 0.05) is 57.7 Å². The fraction of sp³-hybridized carbons (Fsp3) is 0.667. The number of morpholine rings is 1. The average Bonchev–Trinajstić information content (AvgIpc) is 2.80. The van der Waals surface area contributed by atoms with Crippen molar-refractivity contribution in [1.29, 1.82) is 0 Å². The van der Waals surface area contributed by atoms with Crippen LogP contribution >= 0.6 is 0 Å². The molecular formula is C21H34N6O2. The van der Waals surface area contributed by atoms with Crippen LogP contribution in [0, 0.1) is 0 Å². The number of ether oxygens (including phenoxy) is 1. The first-order valence-electron chi connectivity index (χ1n) is 10.7. The van der Waals surface area contributed by atoms with Crippen molar-refractivity contribution < 1.29 is 9.53 Å². The van der Waals surface area contributed by atoms with Crippen molar-refractivity contribution >= 4 is 11.9 Å². The van der Waals surface area contributed by atoms with Crippen LogP contribution in [0.25, 0.3) is 0 Å². The van der Waals surface area contributed by atoms with E-state index < -0.39 is 0 Å². The third-order valence-electron chi connectivity index (χ3n) is 5.90. The lowest BCUT2D eigenvalue weighted by molar-refractivity contribution is -0.0352. The molecule has 0 radical (unpaired) electrons. The molecule has 0 bridgehead atoms. The molecule has 2 heterocycles. The molecule has 0 unspecified atom stereocenters. The van der Waals surface area contributed by atoms with Crippen molar-refractivity contribution in [3.05, 3.63) is 30.1 Å². The summed E-state index contributed by atoms with van der Waals surface area (Å²) in [5, 5.41) is 9.73. The number of guanidine groups is 1. The monoisotopic (exact) mass is 402 g/mol. The van der Waals surface area contributed by atoms with Gasteiger partial charge in [-0.25, -0.2) is 0 Å². The van der Waals surface area contributed by atoms with Gasteiger partial charge in [0.2, 0.25) is 0 Å². The van der Waals surface area contributed by atoms with Crippen molar-refractivity contribution in [3.8, 4) is 0 Å². The summed E-state index contributed by atoms with van der Waals surface area (Å²) < 4.78 is 5.56. The van der Waals surface area contributed by atoms with Gasteiger partial charge in [0.1, 0.15) is 0 Å². The lowest BCUT2D eigenvalue weighted by Crippen LogP contribution is -2.60. The quantitative estimate of drug-likeness (QED) is 0.358. The van der Waals surface area contributed by atoms with E-state index in [0.717, 1.165) is 38.8 Å². The number of hydrogen-bond donors (Lipinski definition) is 3. The second kappa shape index (κ2) is 11.1. The van der Waals surface area contributed by atoms with E-state index >= 15 is 0 Å². The SMILES string of the molecule is CN=C(NCCNC(=O)c1cccnc1)NCC1(N2CCOCC2)CCCCC1. The number of nitrogens with zero attached hydrogens (tertiary/aromatic N) is 3. The summed E-state index contributed by atoms with van der Waals surface area (Å²) in [4.78, 5) is 23.0. The summed E-state index contributed by atoms with van der Waals surface area (Å²) in [5.41, 5.74) is 0.758. The van der Waals surface area contributed by atoms with Gasteiger partial charge in [-0.3, -0.25) is 19.7 Å². The van der Waals surface area contributed by atoms with E-state index in [1.54, 1.807) is 31.6 Å². The molecule has 1 aromatic rings. The number of pyridine rings is 1. The molecule has 3 rings (SSSR count). The van der Waals surface area contributed by atoms with Crippen LogP contribution in [0.2, 0.25) is 0 Å². The highest BCUT2D eigenvalue weighted by Gasteiger charge is 2.38. The molecule has 8 heteroatoms. The van der Waals surface area contributed by atoms with Gasteiger partial charge in [0.05, 0.1) is 18.8 Å². The third kappa shape index (κ3) is 6.14. The standard InChI is InChI=1S/C21H34N6O2/c1-22-20(25-11-10-24-19(28)18-6-5-9-23-16-18)26-17-21(7-3-2-4-8-21)27-12-14-29-15-13-27/h5-6,9,16H,2-4,7-8,10-15,17H2,1H3,(H,24,28)(H2,22,25,26). The molecule has 1 aliphatic carbocycles. The van der Waals surface area contributed by atoms with E-state index in [2.05, 4.69) is 30.8 Å². The highest BCUT2D eigenvalue weighted by molar-refractivity contribution is 5.93. The maximum atomic E-state index is 12.1. The first-order chi connectivity index (χ1) is 14.2. The molecule has 1 aliphatic heterocycles. The second-order valence-corrected chi connectivity index (χ2v) is 7.73. The maximum absolute atomic E-state index is 12.1. The second-order valence-electron chi connectivity index (χ2n) is 7.73. The summed E-state index contributed by atoms with van der Waals surface area (Å²) in [5.74, 6) is 0.662. The Hall–Kier alpha value is -2.19. The van der Waals surface area contributed by atoms with Gasteiger partial charge < -0.3 is 20.7 Å². The minimum Gasteiger partial charge on any atom is -0.379 e. The van der Waals surface area contributed by atoms with Crippen LogP contribution < -0.4 is 16.0 Å². The maximum Gasteiger partial charge on any atom is 0.252 e. The van der Waals surface area contributed by atoms with Crippen molar-refractivity contribution in [2.45, 2.75) is 37.6 Å². The van der Waals surface area contributed by atoms with Crippen LogP contribution in [0.1, 0.15) is 42.5 Å². The Morgan fingerprint density at radius 1 is 1.17 bits per heavy atom. The van der Waals surface area contributed by atoms with Crippen LogP contribution in [0.15, 0.2) is 29.5 Å². The van der Waals surface area contributed by atoms with Crippen molar-refractivity contribution in [2.75, 3.05) is 53.0 Å². The molecule has 0 spiro atoms. The topological polar surface area (TPSA) is 90.9 Å². The van der Waals surface area contributed by atoms with E-state index in [9.17, 15) is 4.79 Å². The Labute approximate surface area is 173 Å². The van der Waals surface area contributed by atoms with E-state index in [1.807, 2.05) is 0 Å². The predicted octanol–water partition coefficient (Wildman–Crippen LogP) is 1.01. The summed E-state index contributed by atoms with van der Waals surface area (Å²) >= 11 is 0. The van der Waals surface area contributed by atoms with Gasteiger partial charge in [-0.2, -0.15) is 0 Å². The van der Waals surface area contributed by atoms with Crippen LogP contribution in [-0.2, 0) is 4.74 Å². The predicted molar refractivity (Wildman–Crippen MR) is 114 cm³/mol.